The summed E-state index contributed by atoms with van der Waals surface area (Å²) >= 11 is 7.36. The van der Waals surface area contributed by atoms with Crippen LogP contribution in [0.25, 0.3) is 0 Å². The Morgan fingerprint density at radius 3 is 2.92 bits per heavy atom. The highest BCUT2D eigenvalue weighted by molar-refractivity contribution is 7.16. The number of hydrogen-bond acceptors (Lipinski definition) is 2. The van der Waals surface area contributed by atoms with E-state index in [1.807, 2.05) is 12.1 Å². The number of rotatable bonds is 5. The van der Waals surface area contributed by atoms with Gasteiger partial charge in [-0.1, -0.05) is 11.6 Å². The lowest BCUT2D eigenvalue weighted by atomic mass is 10.2. The third-order valence-electron chi connectivity index (χ3n) is 1.78. The van der Waals surface area contributed by atoms with E-state index in [1.165, 1.54) is 4.88 Å². The second-order valence-electron chi connectivity index (χ2n) is 2.86. The maximum absolute atomic E-state index is 11.8. The lowest BCUT2D eigenvalue weighted by Gasteiger charge is -2.10. The van der Waals surface area contributed by atoms with Gasteiger partial charge >= 0.3 is 0 Å². The fraction of sp³-hybridized carbons (Fsp3) is 0.556. The summed E-state index contributed by atoms with van der Waals surface area (Å²) in [6.45, 7) is 2.51. The molecule has 0 amide bonds. The van der Waals surface area contributed by atoms with Gasteiger partial charge in [-0.15, -0.1) is 11.3 Å². The standard InChI is InChI=1S/C9H13ClFNS/c1-7(12-6-2-5-11)8-3-4-9(10)13-8/h3-4,7,12H,2,5-6H2,1H3. The van der Waals surface area contributed by atoms with E-state index in [2.05, 4.69) is 12.2 Å². The highest BCUT2D eigenvalue weighted by Gasteiger charge is 2.06. The molecule has 0 aliphatic rings. The quantitative estimate of drug-likeness (QED) is 0.752. The van der Waals surface area contributed by atoms with Crippen molar-refractivity contribution in [1.29, 1.82) is 0 Å². The predicted octanol–water partition coefficient (Wildman–Crippen LogP) is 3.41. The zero-order chi connectivity index (χ0) is 9.68. The van der Waals surface area contributed by atoms with Gasteiger partial charge in [0.25, 0.3) is 0 Å². The number of thiophene rings is 1. The van der Waals surface area contributed by atoms with Gasteiger partial charge in [-0.25, -0.2) is 0 Å². The van der Waals surface area contributed by atoms with Crippen LogP contribution < -0.4 is 5.32 Å². The Morgan fingerprint density at radius 1 is 1.62 bits per heavy atom. The zero-order valence-corrected chi connectivity index (χ0v) is 9.09. The van der Waals surface area contributed by atoms with Crippen molar-refractivity contribution >= 4 is 22.9 Å². The van der Waals surface area contributed by atoms with Gasteiger partial charge in [0.2, 0.25) is 0 Å². The van der Waals surface area contributed by atoms with Crippen LogP contribution in [0.4, 0.5) is 4.39 Å². The molecule has 1 N–H and O–H groups in total. The molecule has 0 aliphatic heterocycles. The summed E-state index contributed by atoms with van der Waals surface area (Å²) in [4.78, 5) is 1.20. The molecule has 0 aliphatic carbocycles. The van der Waals surface area contributed by atoms with Crippen LogP contribution in [0.15, 0.2) is 12.1 Å². The van der Waals surface area contributed by atoms with Crippen LogP contribution >= 0.6 is 22.9 Å². The van der Waals surface area contributed by atoms with E-state index in [4.69, 9.17) is 11.6 Å². The van der Waals surface area contributed by atoms with E-state index in [1.54, 1.807) is 11.3 Å². The van der Waals surface area contributed by atoms with Crippen molar-refractivity contribution in [3.63, 3.8) is 0 Å². The molecule has 1 nitrogen and oxygen atoms in total. The molecular weight excluding hydrogens is 209 g/mol. The van der Waals surface area contributed by atoms with E-state index in [9.17, 15) is 4.39 Å². The molecule has 1 unspecified atom stereocenters. The summed E-state index contributed by atoms with van der Waals surface area (Å²) in [5.74, 6) is 0. The second kappa shape index (κ2) is 5.58. The number of nitrogens with one attached hydrogen (secondary N) is 1. The van der Waals surface area contributed by atoms with E-state index in [0.717, 1.165) is 4.34 Å². The Balaban J connectivity index is 2.35. The van der Waals surface area contributed by atoms with E-state index in [-0.39, 0.29) is 12.7 Å². The van der Waals surface area contributed by atoms with Crippen molar-refractivity contribution in [3.8, 4) is 0 Å². The minimum Gasteiger partial charge on any atom is -0.309 e. The number of hydrogen-bond donors (Lipinski definition) is 1. The molecule has 4 heteroatoms. The summed E-state index contributed by atoms with van der Waals surface area (Å²) in [6, 6.07) is 4.15. The first kappa shape index (κ1) is 11.0. The zero-order valence-electron chi connectivity index (χ0n) is 7.52. The van der Waals surface area contributed by atoms with Gasteiger partial charge in [-0.3, -0.25) is 4.39 Å². The molecular formula is C9H13ClFNS. The summed E-state index contributed by atoms with van der Waals surface area (Å²) in [6.07, 6.45) is 0.573. The smallest absolute Gasteiger partial charge is 0.0931 e. The van der Waals surface area contributed by atoms with Gasteiger partial charge < -0.3 is 5.32 Å². The Kier molecular flexibility index (Phi) is 4.70. The summed E-state index contributed by atoms with van der Waals surface area (Å²) in [5, 5.41) is 3.22. The monoisotopic (exact) mass is 221 g/mol. The van der Waals surface area contributed by atoms with Gasteiger partial charge in [0, 0.05) is 10.9 Å². The maximum atomic E-state index is 11.8. The average Bonchev–Trinajstić information content (AvgIpc) is 2.52. The highest BCUT2D eigenvalue weighted by Crippen LogP contribution is 2.26. The predicted molar refractivity (Wildman–Crippen MR) is 56.3 cm³/mol. The largest absolute Gasteiger partial charge is 0.309 e. The molecule has 13 heavy (non-hydrogen) atoms. The van der Waals surface area contributed by atoms with Crippen molar-refractivity contribution in [2.45, 2.75) is 19.4 Å². The SMILES string of the molecule is CC(NCCCF)c1ccc(Cl)s1. The fourth-order valence-electron chi connectivity index (χ4n) is 1.05. The summed E-state index contributed by atoms with van der Waals surface area (Å²) < 4.78 is 12.6. The second-order valence-corrected chi connectivity index (χ2v) is 4.61. The lowest BCUT2D eigenvalue weighted by Crippen LogP contribution is -2.19. The maximum Gasteiger partial charge on any atom is 0.0931 e. The summed E-state index contributed by atoms with van der Waals surface area (Å²) in [7, 11) is 0. The van der Waals surface area contributed by atoms with E-state index in [0.29, 0.717) is 13.0 Å². The van der Waals surface area contributed by atoms with Crippen LogP contribution in [0, 0.1) is 0 Å². The third-order valence-corrected chi connectivity index (χ3v) is 3.20. The molecule has 0 saturated carbocycles. The van der Waals surface area contributed by atoms with Gasteiger partial charge in [0.05, 0.1) is 11.0 Å². The number of halogens is 2. The Morgan fingerprint density at radius 2 is 2.38 bits per heavy atom. The van der Waals surface area contributed by atoms with Crippen LogP contribution in [-0.4, -0.2) is 13.2 Å². The van der Waals surface area contributed by atoms with E-state index >= 15 is 0 Å². The first-order valence-corrected chi connectivity index (χ1v) is 5.48. The lowest BCUT2D eigenvalue weighted by molar-refractivity contribution is 0.447. The minimum absolute atomic E-state index is 0.259. The molecule has 1 atom stereocenters. The van der Waals surface area contributed by atoms with Crippen LogP contribution in [0.2, 0.25) is 4.34 Å². The number of alkyl halides is 1. The van der Waals surface area contributed by atoms with Crippen LogP contribution in [0.5, 0.6) is 0 Å². The van der Waals surface area contributed by atoms with Gasteiger partial charge in [0.15, 0.2) is 0 Å². The first-order valence-electron chi connectivity index (χ1n) is 4.28. The van der Waals surface area contributed by atoms with Gasteiger partial charge in [0.1, 0.15) is 0 Å². The van der Waals surface area contributed by atoms with Gasteiger partial charge in [-0.05, 0) is 32.0 Å². The Hall–Kier alpha value is -0.120. The third kappa shape index (κ3) is 3.63. The molecule has 1 rings (SSSR count). The molecule has 1 heterocycles. The first-order chi connectivity index (χ1) is 6.24. The van der Waals surface area contributed by atoms with Gasteiger partial charge in [-0.2, -0.15) is 0 Å². The molecule has 0 radical (unpaired) electrons. The van der Waals surface area contributed by atoms with Crippen LogP contribution in [0.1, 0.15) is 24.3 Å². The summed E-state index contributed by atoms with van der Waals surface area (Å²) in [5.41, 5.74) is 0. The molecule has 0 spiro atoms. The topological polar surface area (TPSA) is 12.0 Å². The van der Waals surface area contributed by atoms with Crippen molar-refractivity contribution in [1.82, 2.24) is 5.32 Å². The molecule has 74 valence electrons. The van der Waals surface area contributed by atoms with Crippen LogP contribution in [-0.2, 0) is 0 Å². The van der Waals surface area contributed by atoms with Crippen LogP contribution in [0.3, 0.4) is 0 Å². The molecule has 0 saturated heterocycles. The molecule has 0 bridgehead atoms. The molecule has 0 aromatic carbocycles. The molecule has 0 fully saturated rings. The van der Waals surface area contributed by atoms with Crippen molar-refractivity contribution in [3.05, 3.63) is 21.3 Å². The normalized spacial score (nSPS) is 13.2. The average molecular weight is 222 g/mol. The highest BCUT2D eigenvalue weighted by atomic mass is 35.5. The van der Waals surface area contributed by atoms with Crippen molar-refractivity contribution in [2.24, 2.45) is 0 Å². The van der Waals surface area contributed by atoms with Crippen molar-refractivity contribution in [2.75, 3.05) is 13.2 Å². The minimum atomic E-state index is -0.259. The fourth-order valence-corrected chi connectivity index (χ4v) is 2.13. The van der Waals surface area contributed by atoms with Crippen molar-refractivity contribution < 1.29 is 4.39 Å². The Labute approximate surface area is 86.9 Å². The Bertz CT molecular complexity index is 252. The molecule has 1 aromatic rings. The molecule has 1 aromatic heterocycles. The van der Waals surface area contributed by atoms with E-state index < -0.39 is 0 Å².